The van der Waals surface area contributed by atoms with E-state index in [4.69, 9.17) is 16.3 Å². The van der Waals surface area contributed by atoms with Crippen LogP contribution in [0.3, 0.4) is 0 Å². The van der Waals surface area contributed by atoms with E-state index in [1.165, 1.54) is 0 Å². The number of aryl methyl sites for hydroxylation is 1. The van der Waals surface area contributed by atoms with Crippen LogP contribution in [-0.2, 0) is 27.4 Å². The maximum atomic E-state index is 12.5. The Kier molecular flexibility index (Phi) is 5.03. The predicted octanol–water partition coefficient (Wildman–Crippen LogP) is 3.46. The molecule has 0 aliphatic carbocycles. The number of ether oxygens (including phenoxy) is 1. The Balaban J connectivity index is 1.47. The summed E-state index contributed by atoms with van der Waals surface area (Å²) < 4.78 is 5.27. The van der Waals surface area contributed by atoms with Crippen molar-refractivity contribution in [2.75, 3.05) is 6.54 Å². The number of esters is 1. The van der Waals surface area contributed by atoms with Crippen molar-refractivity contribution in [3.63, 3.8) is 0 Å². The van der Waals surface area contributed by atoms with Crippen molar-refractivity contribution in [3.05, 3.63) is 75.9 Å². The van der Waals surface area contributed by atoms with E-state index in [0.717, 1.165) is 21.4 Å². The largest absolute Gasteiger partial charge is 0.458 e. The average molecular weight is 409 g/mol. The molecule has 7 heteroatoms. The van der Waals surface area contributed by atoms with E-state index in [1.54, 1.807) is 24.3 Å². The summed E-state index contributed by atoms with van der Waals surface area (Å²) >= 11 is 6.38. The van der Waals surface area contributed by atoms with Gasteiger partial charge in [-0.1, -0.05) is 48.0 Å². The van der Waals surface area contributed by atoms with E-state index in [1.807, 2.05) is 31.2 Å². The van der Waals surface area contributed by atoms with E-state index < -0.39 is 24.3 Å². The first-order chi connectivity index (χ1) is 14.0. The van der Waals surface area contributed by atoms with E-state index in [0.29, 0.717) is 21.8 Å². The van der Waals surface area contributed by atoms with Crippen LogP contribution in [0.2, 0.25) is 5.02 Å². The number of para-hydroxylation sites is 1. The highest BCUT2D eigenvalue weighted by molar-refractivity contribution is 6.32. The van der Waals surface area contributed by atoms with Crippen LogP contribution in [0.15, 0.2) is 48.5 Å². The van der Waals surface area contributed by atoms with Crippen molar-refractivity contribution in [2.45, 2.75) is 20.0 Å². The molecule has 0 radical (unpaired) electrons. The fourth-order valence-electron chi connectivity index (χ4n) is 3.40. The highest BCUT2D eigenvalue weighted by Crippen LogP contribution is 2.27. The number of aromatic nitrogens is 1. The molecule has 0 atom stereocenters. The molecule has 4 rings (SSSR count). The number of amides is 2. The molecule has 0 N–H and O–H groups in total. The van der Waals surface area contributed by atoms with Crippen LogP contribution in [0.25, 0.3) is 10.9 Å². The molecule has 0 unspecified atom stereocenters. The molecule has 6 nitrogen and oxygen atoms in total. The minimum atomic E-state index is -0.699. The first-order valence-corrected chi connectivity index (χ1v) is 9.45. The zero-order chi connectivity index (χ0) is 20.5. The topological polar surface area (TPSA) is 76.6 Å². The number of rotatable bonds is 4. The molecule has 0 bridgehead atoms. The smallest absolute Gasteiger partial charge is 0.326 e. The number of imide groups is 1. The number of halogens is 1. The molecule has 0 saturated carbocycles. The summed E-state index contributed by atoms with van der Waals surface area (Å²) in [6, 6.07) is 14.4. The lowest BCUT2D eigenvalue weighted by Crippen LogP contribution is -2.45. The van der Waals surface area contributed by atoms with Gasteiger partial charge in [-0.25, -0.2) is 4.98 Å². The maximum absolute atomic E-state index is 12.5. The Morgan fingerprint density at radius 3 is 2.69 bits per heavy atom. The van der Waals surface area contributed by atoms with Gasteiger partial charge in [-0.05, 0) is 30.2 Å². The van der Waals surface area contributed by atoms with Gasteiger partial charge in [-0.3, -0.25) is 19.3 Å². The van der Waals surface area contributed by atoms with Crippen molar-refractivity contribution >= 4 is 40.3 Å². The molecule has 29 heavy (non-hydrogen) atoms. The molecule has 1 aromatic heterocycles. The van der Waals surface area contributed by atoms with Gasteiger partial charge in [-0.15, -0.1) is 0 Å². The van der Waals surface area contributed by atoms with Gasteiger partial charge in [-0.2, -0.15) is 0 Å². The quantitative estimate of drug-likeness (QED) is 0.488. The summed E-state index contributed by atoms with van der Waals surface area (Å²) in [4.78, 5) is 42.5. The third-order valence-corrected chi connectivity index (χ3v) is 5.44. The summed E-state index contributed by atoms with van der Waals surface area (Å²) in [5.74, 6) is -1.62. The Hall–Kier alpha value is -3.25. The molecule has 2 heterocycles. The summed E-state index contributed by atoms with van der Waals surface area (Å²) in [5, 5.41) is 1.35. The second-order valence-electron chi connectivity index (χ2n) is 6.79. The standard InChI is InChI=1S/C22H17ClN2O4/c1-13-15-7-4-5-9-17(15)24-18(21(13)23)12-29-20(27)11-25-19(26)10-14-6-2-3-8-16(14)22(25)28/h2-9H,10-12H2,1H3. The molecule has 2 amide bonds. The highest BCUT2D eigenvalue weighted by atomic mass is 35.5. The van der Waals surface area contributed by atoms with Crippen LogP contribution in [0.5, 0.6) is 0 Å². The summed E-state index contributed by atoms with van der Waals surface area (Å²) in [6.45, 7) is 1.28. The van der Waals surface area contributed by atoms with Gasteiger partial charge >= 0.3 is 5.97 Å². The zero-order valence-corrected chi connectivity index (χ0v) is 16.4. The molecule has 146 valence electrons. The van der Waals surface area contributed by atoms with E-state index >= 15 is 0 Å². The molecule has 1 aliphatic heterocycles. The number of pyridine rings is 1. The molecule has 0 saturated heterocycles. The summed E-state index contributed by atoms with van der Waals surface area (Å²) in [5.41, 5.74) is 3.11. The molecule has 2 aromatic carbocycles. The van der Waals surface area contributed by atoms with Crippen molar-refractivity contribution in [1.29, 1.82) is 0 Å². The lowest BCUT2D eigenvalue weighted by atomic mass is 9.98. The normalized spacial score (nSPS) is 13.5. The van der Waals surface area contributed by atoms with Gasteiger partial charge in [0.05, 0.1) is 22.7 Å². The molecule has 1 aliphatic rings. The van der Waals surface area contributed by atoms with Gasteiger partial charge in [0.15, 0.2) is 0 Å². The fourth-order valence-corrected chi connectivity index (χ4v) is 3.60. The van der Waals surface area contributed by atoms with Gasteiger partial charge in [0.2, 0.25) is 5.91 Å². The van der Waals surface area contributed by atoms with Crippen LogP contribution in [0.1, 0.15) is 27.2 Å². The average Bonchev–Trinajstić information content (AvgIpc) is 2.72. The number of carbonyl (C=O) groups is 3. The SMILES string of the molecule is Cc1c(Cl)c(COC(=O)CN2C(=O)Cc3ccccc3C2=O)nc2ccccc12. The number of benzene rings is 2. The van der Waals surface area contributed by atoms with E-state index in [2.05, 4.69) is 4.98 Å². The van der Waals surface area contributed by atoms with Crippen molar-refractivity contribution in [3.8, 4) is 0 Å². The van der Waals surface area contributed by atoms with Crippen molar-refractivity contribution in [1.82, 2.24) is 9.88 Å². The maximum Gasteiger partial charge on any atom is 0.326 e. The third kappa shape index (κ3) is 3.59. The van der Waals surface area contributed by atoms with Crippen LogP contribution in [0, 0.1) is 6.92 Å². The third-order valence-electron chi connectivity index (χ3n) is 4.94. The van der Waals surface area contributed by atoms with Gasteiger partial charge in [0.25, 0.3) is 5.91 Å². The highest BCUT2D eigenvalue weighted by Gasteiger charge is 2.32. The predicted molar refractivity (Wildman–Crippen MR) is 107 cm³/mol. The number of fused-ring (bicyclic) bond motifs is 2. The van der Waals surface area contributed by atoms with Gasteiger partial charge in [0, 0.05) is 10.9 Å². The van der Waals surface area contributed by atoms with Crippen LogP contribution >= 0.6 is 11.6 Å². The second kappa shape index (κ2) is 7.64. The molecule has 0 fully saturated rings. The second-order valence-corrected chi connectivity index (χ2v) is 7.17. The van der Waals surface area contributed by atoms with E-state index in [-0.39, 0.29) is 13.0 Å². The summed E-state index contributed by atoms with van der Waals surface area (Å²) in [7, 11) is 0. The first kappa shape index (κ1) is 19.1. The zero-order valence-electron chi connectivity index (χ0n) is 15.6. The van der Waals surface area contributed by atoms with Crippen molar-refractivity contribution < 1.29 is 19.1 Å². The lowest BCUT2D eigenvalue weighted by Gasteiger charge is -2.25. The van der Waals surface area contributed by atoms with E-state index in [9.17, 15) is 14.4 Å². The molecule has 0 spiro atoms. The lowest BCUT2D eigenvalue weighted by molar-refractivity contribution is -0.149. The number of carbonyl (C=O) groups excluding carboxylic acids is 3. The summed E-state index contributed by atoms with van der Waals surface area (Å²) in [6.07, 6.45) is 0.0758. The fraction of sp³-hybridized carbons (Fsp3) is 0.182. The molecule has 3 aromatic rings. The number of nitrogens with zero attached hydrogens (tertiary/aromatic N) is 2. The van der Waals surface area contributed by atoms with Crippen molar-refractivity contribution in [2.24, 2.45) is 0 Å². The Morgan fingerprint density at radius 1 is 1.14 bits per heavy atom. The molecular formula is C22H17ClN2O4. The monoisotopic (exact) mass is 408 g/mol. The van der Waals surface area contributed by atoms with Gasteiger partial charge in [0.1, 0.15) is 13.2 Å². The number of hydrogen-bond acceptors (Lipinski definition) is 5. The van der Waals surface area contributed by atoms with Crippen LogP contribution in [-0.4, -0.2) is 34.2 Å². The Bertz CT molecular complexity index is 1160. The van der Waals surface area contributed by atoms with Crippen LogP contribution in [0.4, 0.5) is 0 Å². The minimum absolute atomic E-state index is 0.0758. The Morgan fingerprint density at radius 2 is 1.86 bits per heavy atom. The molecular weight excluding hydrogens is 392 g/mol. The first-order valence-electron chi connectivity index (χ1n) is 9.07. The van der Waals surface area contributed by atoms with Gasteiger partial charge < -0.3 is 4.74 Å². The number of hydrogen-bond donors (Lipinski definition) is 0. The van der Waals surface area contributed by atoms with Crippen LogP contribution < -0.4 is 0 Å². The Labute approximate surface area is 172 Å². The minimum Gasteiger partial charge on any atom is -0.458 e.